The Labute approximate surface area is 330 Å². The summed E-state index contributed by atoms with van der Waals surface area (Å²) in [5.41, 5.74) is 7.29. The molecule has 270 valence electrons. The number of para-hydroxylation sites is 6. The highest BCUT2D eigenvalue weighted by molar-refractivity contribution is 6.40. The molecule has 1 aliphatic heterocycles. The lowest BCUT2D eigenvalue weighted by molar-refractivity contribution is 0.0988. The van der Waals surface area contributed by atoms with Gasteiger partial charge in [-0.1, -0.05) is 109 Å². The second-order valence-corrected chi connectivity index (χ2v) is 14.5. The molecule has 3 aromatic heterocycles. The summed E-state index contributed by atoms with van der Waals surface area (Å²) < 4.78 is 0. The molecule has 0 unspecified atom stereocenters. The van der Waals surface area contributed by atoms with Crippen molar-refractivity contribution in [1.82, 2.24) is 19.9 Å². The average Bonchev–Trinajstić information content (AvgIpc) is 3.69. The molecule has 0 spiro atoms. The first kappa shape index (κ1) is 32.2. The van der Waals surface area contributed by atoms with Crippen molar-refractivity contribution in [3.8, 4) is 0 Å². The fourth-order valence-electron chi connectivity index (χ4n) is 8.62. The number of fused-ring (bicyclic) bond motifs is 8. The highest BCUT2D eigenvalue weighted by atomic mass is 16.2. The maximum absolute atomic E-state index is 14.2. The summed E-state index contributed by atoms with van der Waals surface area (Å²) >= 11 is 0. The van der Waals surface area contributed by atoms with Crippen LogP contribution in [0.1, 0.15) is 20.7 Å². The highest BCUT2D eigenvalue weighted by Gasteiger charge is 2.40. The van der Waals surface area contributed by atoms with Gasteiger partial charge < -0.3 is 0 Å². The molecule has 58 heavy (non-hydrogen) atoms. The molecule has 2 aliphatic rings. The smallest absolute Gasteiger partial charge is 0.197 e. The number of pyridine rings is 2. The summed E-state index contributed by atoms with van der Waals surface area (Å²) in [7, 11) is 0. The van der Waals surface area contributed by atoms with E-state index in [9.17, 15) is 9.59 Å². The van der Waals surface area contributed by atoms with Crippen molar-refractivity contribution in [2.75, 3.05) is 9.80 Å². The van der Waals surface area contributed by atoms with E-state index in [0.717, 1.165) is 76.8 Å². The lowest BCUT2D eigenvalue weighted by Crippen LogP contribution is -2.23. The van der Waals surface area contributed by atoms with Crippen LogP contribution in [0.3, 0.4) is 0 Å². The maximum atomic E-state index is 14.2. The molecule has 4 heterocycles. The average molecular weight is 745 g/mol. The van der Waals surface area contributed by atoms with E-state index in [2.05, 4.69) is 34.1 Å². The Kier molecular flexibility index (Phi) is 6.77. The van der Waals surface area contributed by atoms with Crippen LogP contribution in [0.5, 0.6) is 0 Å². The number of hydrogen-bond acceptors (Lipinski definition) is 8. The van der Waals surface area contributed by atoms with E-state index in [1.165, 1.54) is 0 Å². The van der Waals surface area contributed by atoms with Crippen molar-refractivity contribution in [2.24, 2.45) is 0 Å². The third-order valence-electron chi connectivity index (χ3n) is 11.2. The zero-order valence-electron chi connectivity index (χ0n) is 30.7. The minimum absolute atomic E-state index is 0.0913. The summed E-state index contributed by atoms with van der Waals surface area (Å²) in [6, 6.07) is 51.6. The van der Waals surface area contributed by atoms with Gasteiger partial charge in [0, 0.05) is 32.7 Å². The maximum Gasteiger partial charge on any atom is 0.197 e. The van der Waals surface area contributed by atoms with Gasteiger partial charge in [-0.15, -0.1) is 0 Å². The molecule has 0 radical (unpaired) electrons. The van der Waals surface area contributed by atoms with Crippen LogP contribution in [-0.2, 0) is 0 Å². The largest absolute Gasteiger partial charge is 0.288 e. The SMILES string of the molecule is O=C1C(=CC=C2N(c3c4ccccc4nc4ccccc34)c3nc4ccccc4nc3N2c2c3ccccc3nc3ccccc23)C(=O)c2cc3ccccc3cc21. The lowest BCUT2D eigenvalue weighted by Gasteiger charge is -2.28. The van der Waals surface area contributed by atoms with Crippen molar-refractivity contribution in [2.45, 2.75) is 0 Å². The predicted octanol–water partition coefficient (Wildman–Crippen LogP) is 11.3. The Bertz CT molecular complexity index is 3200. The first-order valence-corrected chi connectivity index (χ1v) is 19.1. The number of anilines is 4. The molecule has 1 aliphatic carbocycles. The molecule has 0 amide bonds. The van der Waals surface area contributed by atoms with Gasteiger partial charge in [-0.25, -0.2) is 19.9 Å². The molecule has 0 N–H and O–H groups in total. The molecule has 0 saturated heterocycles. The Morgan fingerprint density at radius 1 is 0.379 bits per heavy atom. The Hall–Kier alpha value is -8.10. The second-order valence-electron chi connectivity index (χ2n) is 14.5. The van der Waals surface area contributed by atoms with E-state index < -0.39 is 0 Å². The number of ketones is 2. The van der Waals surface area contributed by atoms with Crippen LogP contribution in [0, 0.1) is 0 Å². The van der Waals surface area contributed by atoms with Crippen LogP contribution in [0.15, 0.2) is 181 Å². The van der Waals surface area contributed by atoms with E-state index >= 15 is 0 Å². The van der Waals surface area contributed by atoms with Crippen molar-refractivity contribution in [3.63, 3.8) is 0 Å². The van der Waals surface area contributed by atoms with E-state index in [1.807, 2.05) is 140 Å². The molecule has 7 aromatic carbocycles. The highest BCUT2D eigenvalue weighted by Crippen LogP contribution is 2.53. The zero-order chi connectivity index (χ0) is 38.5. The fourth-order valence-corrected chi connectivity index (χ4v) is 8.62. The van der Waals surface area contributed by atoms with E-state index in [0.29, 0.717) is 28.6 Å². The van der Waals surface area contributed by atoms with Gasteiger partial charge in [0.15, 0.2) is 23.2 Å². The number of carbonyl (C=O) groups excluding carboxylic acids is 2. The Morgan fingerprint density at radius 3 is 1.12 bits per heavy atom. The van der Waals surface area contributed by atoms with Gasteiger partial charge >= 0.3 is 0 Å². The third kappa shape index (κ3) is 4.63. The van der Waals surface area contributed by atoms with Crippen LogP contribution in [0.4, 0.5) is 23.0 Å². The van der Waals surface area contributed by atoms with E-state index in [4.69, 9.17) is 19.9 Å². The molecule has 0 fully saturated rings. The Morgan fingerprint density at radius 2 is 0.724 bits per heavy atom. The number of hydrogen-bond donors (Lipinski definition) is 0. The number of rotatable bonds is 3. The minimum atomic E-state index is -0.308. The molecule has 10 aromatic rings. The molecule has 8 nitrogen and oxygen atoms in total. The molecule has 0 atom stereocenters. The van der Waals surface area contributed by atoms with Gasteiger partial charge in [0.2, 0.25) is 0 Å². The first-order chi connectivity index (χ1) is 28.6. The van der Waals surface area contributed by atoms with Gasteiger partial charge in [-0.05, 0) is 71.5 Å². The summed E-state index contributed by atoms with van der Waals surface area (Å²) in [6.07, 6.45) is 3.55. The second kappa shape index (κ2) is 12.2. The molecular formula is C50H28N6O2. The van der Waals surface area contributed by atoms with Crippen LogP contribution in [0.25, 0.3) is 65.4 Å². The monoisotopic (exact) mass is 744 g/mol. The van der Waals surface area contributed by atoms with Crippen LogP contribution >= 0.6 is 0 Å². The molecule has 8 heteroatoms. The van der Waals surface area contributed by atoms with Gasteiger partial charge in [0.25, 0.3) is 0 Å². The first-order valence-electron chi connectivity index (χ1n) is 19.1. The molecule has 0 saturated carbocycles. The van der Waals surface area contributed by atoms with Crippen LogP contribution in [-0.4, -0.2) is 31.5 Å². The number of nitrogens with zero attached hydrogens (tertiary/aromatic N) is 6. The van der Waals surface area contributed by atoms with Gasteiger partial charge in [-0.3, -0.25) is 19.4 Å². The minimum Gasteiger partial charge on any atom is -0.288 e. The molecule has 12 rings (SSSR count). The van der Waals surface area contributed by atoms with Crippen LogP contribution in [0.2, 0.25) is 0 Å². The summed E-state index contributed by atoms with van der Waals surface area (Å²) in [5.74, 6) is 1.19. The zero-order valence-corrected chi connectivity index (χ0v) is 30.7. The number of aromatic nitrogens is 4. The normalized spacial score (nSPS) is 13.8. The Balaban J connectivity index is 1.21. The number of benzene rings is 7. The fraction of sp³-hybridized carbons (Fsp3) is 0. The molecule has 0 bridgehead atoms. The standard InChI is InChI=1S/C50H28N6O2/c57-47-35(48(58)37-28-30-14-2-1-13-29(30)27-36(37)47)25-26-44-55(45-31-15-3-7-19-38(31)51-39-20-8-4-16-32(39)45)49-50(54-43-24-12-11-23-42(43)53-49)56(44)46-33-17-5-9-21-40(33)52-41-22-10-6-18-34(41)46/h1-28H. The van der Waals surface area contributed by atoms with Crippen molar-refractivity contribution < 1.29 is 9.59 Å². The van der Waals surface area contributed by atoms with E-state index in [1.54, 1.807) is 6.08 Å². The van der Waals surface area contributed by atoms with Gasteiger partial charge in [0.1, 0.15) is 5.82 Å². The van der Waals surface area contributed by atoms with E-state index in [-0.39, 0.29) is 17.1 Å². The van der Waals surface area contributed by atoms with Crippen molar-refractivity contribution in [3.05, 3.63) is 192 Å². The quantitative estimate of drug-likeness (QED) is 0.100. The topological polar surface area (TPSA) is 92.2 Å². The van der Waals surface area contributed by atoms with Crippen molar-refractivity contribution in [1.29, 1.82) is 0 Å². The van der Waals surface area contributed by atoms with Gasteiger partial charge in [0.05, 0.1) is 50.0 Å². The third-order valence-corrected chi connectivity index (χ3v) is 11.2. The molecular weight excluding hydrogens is 717 g/mol. The number of carbonyl (C=O) groups is 2. The predicted molar refractivity (Wildman–Crippen MR) is 231 cm³/mol. The summed E-state index contributed by atoms with van der Waals surface area (Å²) in [6.45, 7) is 0. The number of allylic oxidation sites excluding steroid dienone is 3. The summed E-state index contributed by atoms with van der Waals surface area (Å²) in [5, 5.41) is 5.42. The number of Topliss-reactive ketones (excluding diaryl/α,β-unsaturated/α-hetero) is 2. The summed E-state index contributed by atoms with van der Waals surface area (Å²) in [4.78, 5) is 53.6. The van der Waals surface area contributed by atoms with Gasteiger partial charge in [-0.2, -0.15) is 0 Å². The lowest BCUT2D eigenvalue weighted by atomic mass is 10.0. The van der Waals surface area contributed by atoms with Crippen molar-refractivity contribution >= 4 is 100.0 Å². The van der Waals surface area contributed by atoms with Crippen LogP contribution < -0.4 is 9.80 Å².